The van der Waals surface area contributed by atoms with E-state index in [1.807, 2.05) is 26.0 Å². The molecule has 0 atom stereocenters. The van der Waals surface area contributed by atoms with Crippen molar-refractivity contribution >= 4 is 16.0 Å². The summed E-state index contributed by atoms with van der Waals surface area (Å²) in [7, 11) is -3.81. The molecule has 2 aromatic rings. The van der Waals surface area contributed by atoms with Crippen molar-refractivity contribution in [3.05, 3.63) is 47.3 Å². The highest BCUT2D eigenvalue weighted by Crippen LogP contribution is 2.21. The number of hydrogen-bond donors (Lipinski definition) is 3. The first kappa shape index (κ1) is 17.0. The average molecular weight is 338 g/mol. The highest BCUT2D eigenvalue weighted by molar-refractivity contribution is 7.89. The maximum absolute atomic E-state index is 12.2. The van der Waals surface area contributed by atoms with Crippen LogP contribution in [0.1, 0.15) is 28.5 Å². The number of aromatic amines is 1. The van der Waals surface area contributed by atoms with E-state index in [4.69, 9.17) is 9.84 Å². The van der Waals surface area contributed by atoms with Gasteiger partial charge in [-0.1, -0.05) is 12.1 Å². The van der Waals surface area contributed by atoms with Crippen LogP contribution >= 0.6 is 0 Å². The fourth-order valence-corrected chi connectivity index (χ4v) is 3.01. The summed E-state index contributed by atoms with van der Waals surface area (Å²) in [6, 6.07) is 6.57. The Labute approximate surface area is 134 Å². The second kappa shape index (κ2) is 6.84. The van der Waals surface area contributed by atoms with E-state index < -0.39 is 16.0 Å². The van der Waals surface area contributed by atoms with Gasteiger partial charge in [0.25, 0.3) is 0 Å². The Morgan fingerprint density at radius 3 is 2.70 bits per heavy atom. The van der Waals surface area contributed by atoms with Gasteiger partial charge in [0.2, 0.25) is 10.0 Å². The molecule has 0 aliphatic heterocycles. The Hall–Kier alpha value is -2.32. The third-order valence-electron chi connectivity index (χ3n) is 3.17. The summed E-state index contributed by atoms with van der Waals surface area (Å²) in [4.78, 5) is 13.1. The Kier molecular flexibility index (Phi) is 5.07. The zero-order valence-electron chi connectivity index (χ0n) is 12.8. The molecule has 0 aliphatic carbocycles. The second-order valence-corrected chi connectivity index (χ2v) is 6.69. The van der Waals surface area contributed by atoms with E-state index in [0.717, 1.165) is 17.8 Å². The van der Waals surface area contributed by atoms with Crippen LogP contribution in [-0.2, 0) is 16.6 Å². The van der Waals surface area contributed by atoms with Crippen molar-refractivity contribution in [3.8, 4) is 5.75 Å². The first-order chi connectivity index (χ1) is 10.8. The molecule has 0 fully saturated rings. The fourth-order valence-electron chi connectivity index (χ4n) is 2.01. The normalized spacial score (nSPS) is 11.4. The number of aromatic carboxylic acids is 1. The Balaban J connectivity index is 2.17. The molecule has 0 radical (unpaired) electrons. The molecule has 23 heavy (non-hydrogen) atoms. The summed E-state index contributed by atoms with van der Waals surface area (Å²) in [5.41, 5.74) is 1.53. The molecule has 2 rings (SSSR count). The minimum absolute atomic E-state index is 0.0472. The molecule has 0 spiro atoms. The number of sulfonamides is 1. The van der Waals surface area contributed by atoms with Gasteiger partial charge in [0.15, 0.2) is 0 Å². The highest BCUT2D eigenvalue weighted by atomic mass is 32.2. The molecule has 0 aliphatic rings. The summed E-state index contributed by atoms with van der Waals surface area (Å²) < 4.78 is 32.4. The van der Waals surface area contributed by atoms with Gasteiger partial charge in [0, 0.05) is 18.3 Å². The third-order valence-corrected chi connectivity index (χ3v) is 4.55. The van der Waals surface area contributed by atoms with E-state index in [9.17, 15) is 13.2 Å². The van der Waals surface area contributed by atoms with Crippen molar-refractivity contribution in [1.82, 2.24) is 9.71 Å². The van der Waals surface area contributed by atoms with Gasteiger partial charge in [0.1, 0.15) is 16.3 Å². The maximum Gasteiger partial charge on any atom is 0.352 e. The zero-order valence-corrected chi connectivity index (χ0v) is 13.6. The summed E-state index contributed by atoms with van der Waals surface area (Å²) in [6.45, 7) is 4.29. The summed E-state index contributed by atoms with van der Waals surface area (Å²) in [5.74, 6) is -0.598. The van der Waals surface area contributed by atoms with Gasteiger partial charge in [-0.15, -0.1) is 0 Å². The van der Waals surface area contributed by atoms with Crippen LogP contribution < -0.4 is 9.46 Å². The lowest BCUT2D eigenvalue weighted by Gasteiger charge is -2.12. The Morgan fingerprint density at radius 2 is 2.09 bits per heavy atom. The van der Waals surface area contributed by atoms with Gasteiger partial charge in [-0.2, -0.15) is 0 Å². The number of rotatable bonds is 7. The Bertz CT molecular complexity index is 811. The average Bonchev–Trinajstić information content (AvgIpc) is 2.97. The fraction of sp³-hybridized carbons (Fsp3) is 0.267. The number of hydrogen-bond acceptors (Lipinski definition) is 4. The molecule has 8 heteroatoms. The van der Waals surface area contributed by atoms with E-state index in [1.165, 1.54) is 0 Å². The van der Waals surface area contributed by atoms with Crippen LogP contribution in [0, 0.1) is 6.92 Å². The standard InChI is InChI=1S/C15H18N2O5S/c1-3-22-14-6-10(2)4-5-11(14)8-17-23(20,21)12-7-13(15(18)19)16-9-12/h4-7,9,16-17H,3,8H2,1-2H3,(H,18,19). The first-order valence-corrected chi connectivity index (χ1v) is 8.45. The summed E-state index contributed by atoms with van der Waals surface area (Å²) in [6.07, 6.45) is 1.14. The first-order valence-electron chi connectivity index (χ1n) is 6.97. The molecule has 3 N–H and O–H groups in total. The lowest BCUT2D eigenvalue weighted by Crippen LogP contribution is -2.23. The largest absolute Gasteiger partial charge is 0.494 e. The summed E-state index contributed by atoms with van der Waals surface area (Å²) >= 11 is 0. The van der Waals surface area contributed by atoms with Crippen LogP contribution in [0.5, 0.6) is 5.75 Å². The van der Waals surface area contributed by atoms with Crippen LogP contribution in [0.2, 0.25) is 0 Å². The topological polar surface area (TPSA) is 108 Å². The highest BCUT2D eigenvalue weighted by Gasteiger charge is 2.18. The van der Waals surface area contributed by atoms with E-state index in [2.05, 4.69) is 9.71 Å². The number of carbonyl (C=O) groups is 1. The van der Waals surface area contributed by atoms with Gasteiger partial charge in [0.05, 0.1) is 6.61 Å². The lowest BCUT2D eigenvalue weighted by molar-refractivity contribution is 0.0691. The number of H-pyrrole nitrogens is 1. The van der Waals surface area contributed by atoms with Crippen molar-refractivity contribution in [3.63, 3.8) is 0 Å². The van der Waals surface area contributed by atoms with E-state index in [1.54, 1.807) is 6.07 Å². The Morgan fingerprint density at radius 1 is 1.35 bits per heavy atom. The van der Waals surface area contributed by atoms with Gasteiger partial charge in [-0.3, -0.25) is 0 Å². The predicted molar refractivity (Wildman–Crippen MR) is 84.1 cm³/mol. The van der Waals surface area contributed by atoms with Crippen molar-refractivity contribution in [2.24, 2.45) is 0 Å². The van der Waals surface area contributed by atoms with Gasteiger partial charge >= 0.3 is 5.97 Å². The molecular weight excluding hydrogens is 320 g/mol. The molecule has 0 bridgehead atoms. The number of carboxylic acids is 1. The molecule has 0 amide bonds. The number of ether oxygens (including phenoxy) is 1. The molecule has 0 unspecified atom stereocenters. The molecule has 1 aromatic carbocycles. The summed E-state index contributed by atoms with van der Waals surface area (Å²) in [5, 5.41) is 8.83. The molecule has 7 nitrogen and oxygen atoms in total. The second-order valence-electron chi connectivity index (χ2n) is 4.92. The van der Waals surface area contributed by atoms with Gasteiger partial charge < -0.3 is 14.8 Å². The van der Waals surface area contributed by atoms with Crippen molar-refractivity contribution < 1.29 is 23.1 Å². The van der Waals surface area contributed by atoms with E-state index in [0.29, 0.717) is 17.9 Å². The maximum atomic E-state index is 12.2. The van der Waals surface area contributed by atoms with Crippen molar-refractivity contribution in [2.45, 2.75) is 25.3 Å². The van der Waals surface area contributed by atoms with Gasteiger partial charge in [-0.05, 0) is 31.5 Å². The number of benzene rings is 1. The quantitative estimate of drug-likeness (QED) is 0.714. The molecule has 0 saturated carbocycles. The van der Waals surface area contributed by atoms with Crippen LogP contribution in [0.25, 0.3) is 0 Å². The van der Waals surface area contributed by atoms with Crippen LogP contribution in [-0.4, -0.2) is 31.1 Å². The van der Waals surface area contributed by atoms with Crippen molar-refractivity contribution in [1.29, 1.82) is 0 Å². The smallest absolute Gasteiger partial charge is 0.352 e. The number of nitrogens with one attached hydrogen (secondary N) is 2. The molecule has 124 valence electrons. The van der Waals surface area contributed by atoms with Crippen molar-refractivity contribution in [2.75, 3.05) is 6.61 Å². The van der Waals surface area contributed by atoms with E-state index in [-0.39, 0.29) is 17.1 Å². The molecular formula is C15H18N2O5S. The molecule has 1 heterocycles. The minimum Gasteiger partial charge on any atom is -0.494 e. The van der Waals surface area contributed by atoms with E-state index >= 15 is 0 Å². The van der Waals surface area contributed by atoms with Gasteiger partial charge in [-0.25, -0.2) is 17.9 Å². The third kappa shape index (κ3) is 4.11. The lowest BCUT2D eigenvalue weighted by atomic mass is 10.1. The SMILES string of the molecule is CCOc1cc(C)ccc1CNS(=O)(=O)c1c[nH]c(C(=O)O)c1. The minimum atomic E-state index is -3.81. The number of aromatic nitrogens is 1. The van der Waals surface area contributed by atoms with Crippen LogP contribution in [0.15, 0.2) is 35.4 Å². The number of aryl methyl sites for hydroxylation is 1. The molecule has 1 aromatic heterocycles. The monoisotopic (exact) mass is 338 g/mol. The predicted octanol–water partition coefficient (Wildman–Crippen LogP) is 1.90. The molecule has 0 saturated heterocycles. The van der Waals surface area contributed by atoms with Crippen LogP contribution in [0.3, 0.4) is 0 Å². The number of carboxylic acid groups (broad SMARTS) is 1. The van der Waals surface area contributed by atoms with Crippen LogP contribution in [0.4, 0.5) is 0 Å². The zero-order chi connectivity index (χ0) is 17.0.